The summed E-state index contributed by atoms with van der Waals surface area (Å²) in [6.07, 6.45) is 2.91. The summed E-state index contributed by atoms with van der Waals surface area (Å²) in [5, 5.41) is 18.1. The second-order valence-electron chi connectivity index (χ2n) is 9.10. The van der Waals surface area contributed by atoms with Gasteiger partial charge in [-0.25, -0.2) is 0 Å². The molecule has 0 unspecified atom stereocenters. The van der Waals surface area contributed by atoms with Crippen molar-refractivity contribution in [3.8, 4) is 0 Å². The van der Waals surface area contributed by atoms with Gasteiger partial charge in [0.25, 0.3) is 0 Å². The Bertz CT molecular complexity index is 871. The Labute approximate surface area is 191 Å². The second-order valence-corrected chi connectivity index (χ2v) is 9.10. The molecule has 3 rings (SSSR count). The van der Waals surface area contributed by atoms with E-state index in [1.54, 1.807) is 4.68 Å². The van der Waals surface area contributed by atoms with Crippen molar-refractivity contribution >= 4 is 5.91 Å². The third-order valence-corrected chi connectivity index (χ3v) is 6.24. The van der Waals surface area contributed by atoms with Crippen molar-refractivity contribution < 1.29 is 14.6 Å². The van der Waals surface area contributed by atoms with Crippen molar-refractivity contribution in [2.75, 3.05) is 26.7 Å². The number of hydrogen-bond donors (Lipinski definition) is 1. The van der Waals surface area contributed by atoms with Gasteiger partial charge in [0.15, 0.2) is 0 Å². The van der Waals surface area contributed by atoms with Gasteiger partial charge in [0.2, 0.25) is 5.91 Å². The van der Waals surface area contributed by atoms with Crippen LogP contribution in [0.2, 0.25) is 0 Å². The van der Waals surface area contributed by atoms with Crippen LogP contribution >= 0.6 is 0 Å². The number of aromatic nitrogens is 3. The molecule has 8 heteroatoms. The molecule has 0 radical (unpaired) electrons. The first kappa shape index (κ1) is 24.4. The van der Waals surface area contributed by atoms with Gasteiger partial charge in [0, 0.05) is 38.5 Å². The van der Waals surface area contributed by atoms with Gasteiger partial charge in [0.05, 0.1) is 31.6 Å². The highest BCUT2D eigenvalue weighted by atomic mass is 16.5. The zero-order valence-electron chi connectivity index (χ0n) is 19.8. The molecule has 176 valence electrons. The van der Waals surface area contributed by atoms with Crippen molar-refractivity contribution in [1.29, 1.82) is 0 Å². The smallest absolute Gasteiger partial charge is 0.222 e. The molecule has 2 aromatic rings. The molecule has 32 heavy (non-hydrogen) atoms. The monoisotopic (exact) mass is 443 g/mol. The quantitative estimate of drug-likeness (QED) is 0.737. The van der Waals surface area contributed by atoms with E-state index < -0.39 is 0 Å². The highest BCUT2D eigenvalue weighted by molar-refractivity contribution is 5.76. The molecule has 1 aromatic carbocycles. The first-order valence-corrected chi connectivity index (χ1v) is 11.5. The maximum atomic E-state index is 13.0. The van der Waals surface area contributed by atoms with Crippen molar-refractivity contribution in [1.82, 2.24) is 24.8 Å². The Morgan fingerprint density at radius 2 is 2.12 bits per heavy atom. The average Bonchev–Trinajstić information content (AvgIpc) is 3.23. The van der Waals surface area contributed by atoms with Crippen LogP contribution in [0, 0.1) is 12.8 Å². The molecule has 0 spiro atoms. The minimum absolute atomic E-state index is 0.0524. The molecule has 8 nitrogen and oxygen atoms in total. The number of hydrogen-bond acceptors (Lipinski definition) is 6. The highest BCUT2D eigenvalue weighted by Gasteiger charge is 2.28. The highest BCUT2D eigenvalue weighted by Crippen LogP contribution is 2.18. The minimum Gasteiger partial charge on any atom is -0.394 e. The van der Waals surface area contributed by atoms with E-state index in [2.05, 4.69) is 60.4 Å². The van der Waals surface area contributed by atoms with Crippen LogP contribution in [0.3, 0.4) is 0 Å². The molecule has 3 atom stereocenters. The lowest BCUT2D eigenvalue weighted by Gasteiger charge is -2.35. The Balaban J connectivity index is 1.77. The van der Waals surface area contributed by atoms with Crippen molar-refractivity contribution in [3.63, 3.8) is 0 Å². The molecule has 0 saturated heterocycles. The SMILES string of the molecule is Cc1ccccc1CN(C)C[C@@H]1OCc2cn(nn2)CCCC(=O)N([C@@H](C)CO)C[C@H]1C. The predicted molar refractivity (Wildman–Crippen MR) is 123 cm³/mol. The normalized spacial score (nSPS) is 21.7. The van der Waals surface area contributed by atoms with Crippen LogP contribution < -0.4 is 0 Å². The lowest BCUT2D eigenvalue weighted by atomic mass is 10.0. The summed E-state index contributed by atoms with van der Waals surface area (Å²) in [5.74, 6) is 0.146. The topological polar surface area (TPSA) is 83.7 Å². The summed E-state index contributed by atoms with van der Waals surface area (Å²) in [6, 6.07) is 8.18. The van der Waals surface area contributed by atoms with Crippen LogP contribution in [0.5, 0.6) is 0 Å². The number of nitrogens with zero attached hydrogens (tertiary/aromatic N) is 5. The van der Waals surface area contributed by atoms with Crippen LogP contribution in [-0.2, 0) is 29.2 Å². The number of aliphatic hydroxyl groups is 1. The maximum Gasteiger partial charge on any atom is 0.222 e. The number of carbonyl (C=O) groups is 1. The molecule has 2 heterocycles. The fraction of sp³-hybridized carbons (Fsp3) is 0.625. The van der Waals surface area contributed by atoms with Crippen molar-refractivity contribution in [2.24, 2.45) is 5.92 Å². The number of ether oxygens (including phenoxy) is 1. The van der Waals surface area contributed by atoms with E-state index in [0.29, 0.717) is 32.5 Å². The molecular weight excluding hydrogens is 406 g/mol. The largest absolute Gasteiger partial charge is 0.394 e. The first-order chi connectivity index (χ1) is 15.4. The Kier molecular flexibility index (Phi) is 8.78. The number of aryl methyl sites for hydroxylation is 2. The Morgan fingerprint density at radius 3 is 2.88 bits per heavy atom. The van der Waals surface area contributed by atoms with Crippen molar-refractivity contribution in [3.05, 3.63) is 47.3 Å². The van der Waals surface area contributed by atoms with Gasteiger partial charge in [-0.3, -0.25) is 14.4 Å². The lowest BCUT2D eigenvalue weighted by molar-refractivity contribution is -0.136. The summed E-state index contributed by atoms with van der Waals surface area (Å²) in [4.78, 5) is 17.0. The minimum atomic E-state index is -0.224. The second kappa shape index (κ2) is 11.5. The van der Waals surface area contributed by atoms with Crippen molar-refractivity contribution in [2.45, 2.75) is 65.5 Å². The number of carbonyl (C=O) groups excluding carboxylic acids is 1. The Morgan fingerprint density at radius 1 is 1.34 bits per heavy atom. The van der Waals surface area contributed by atoms with Gasteiger partial charge in [-0.2, -0.15) is 0 Å². The van der Waals surface area contributed by atoms with Gasteiger partial charge in [-0.05, 0) is 38.4 Å². The molecule has 1 amide bonds. The predicted octanol–water partition coefficient (Wildman–Crippen LogP) is 2.24. The van der Waals surface area contributed by atoms with Crippen LogP contribution in [0.4, 0.5) is 0 Å². The molecule has 1 aliphatic rings. The maximum absolute atomic E-state index is 13.0. The fourth-order valence-corrected chi connectivity index (χ4v) is 4.14. The first-order valence-electron chi connectivity index (χ1n) is 11.5. The number of rotatable bonds is 6. The summed E-state index contributed by atoms with van der Waals surface area (Å²) >= 11 is 0. The molecular formula is C24H37N5O3. The summed E-state index contributed by atoms with van der Waals surface area (Å²) in [7, 11) is 2.10. The van der Waals surface area contributed by atoms with Gasteiger partial charge >= 0.3 is 0 Å². The van der Waals surface area contributed by atoms with E-state index in [0.717, 1.165) is 18.8 Å². The van der Waals surface area contributed by atoms with Crippen LogP contribution in [0.1, 0.15) is 43.5 Å². The number of amides is 1. The summed E-state index contributed by atoms with van der Waals surface area (Å²) in [6.45, 7) is 9.21. The molecule has 1 N–H and O–H groups in total. The van der Waals surface area contributed by atoms with E-state index in [-0.39, 0.29) is 30.6 Å². The Hall–Kier alpha value is -2.29. The van der Waals surface area contributed by atoms with E-state index >= 15 is 0 Å². The van der Waals surface area contributed by atoms with Gasteiger partial charge < -0.3 is 14.7 Å². The summed E-state index contributed by atoms with van der Waals surface area (Å²) in [5.41, 5.74) is 3.37. The van der Waals surface area contributed by atoms with Gasteiger partial charge in [-0.1, -0.05) is 36.4 Å². The number of fused-ring (bicyclic) bond motifs is 2. The average molecular weight is 444 g/mol. The lowest BCUT2D eigenvalue weighted by Crippen LogP contribution is -2.47. The summed E-state index contributed by atoms with van der Waals surface area (Å²) < 4.78 is 8.11. The van der Waals surface area contributed by atoms with E-state index in [1.807, 2.05) is 18.0 Å². The van der Waals surface area contributed by atoms with Crippen LogP contribution in [-0.4, -0.2) is 74.7 Å². The molecule has 0 saturated carbocycles. The van der Waals surface area contributed by atoms with Crippen LogP contribution in [0.15, 0.2) is 30.5 Å². The molecule has 0 aliphatic carbocycles. The van der Waals surface area contributed by atoms with Crippen LogP contribution in [0.25, 0.3) is 0 Å². The number of aliphatic hydroxyl groups excluding tert-OH is 1. The molecule has 1 aromatic heterocycles. The number of likely N-dealkylation sites (N-methyl/N-ethyl adjacent to an activating group) is 1. The van der Waals surface area contributed by atoms with Gasteiger partial charge in [-0.15, -0.1) is 5.10 Å². The molecule has 0 fully saturated rings. The zero-order chi connectivity index (χ0) is 23.1. The standard InChI is InChI=1S/C24H37N5O3/c1-18-8-5-6-9-21(18)13-27(4)15-23-19(2)12-29(20(3)16-30)24(31)10-7-11-28-14-22(17-32-23)25-26-28/h5-6,8-9,14,19-20,23,30H,7,10-13,15-17H2,1-4H3/t19-,20+,23+/m1/s1. The number of benzene rings is 1. The molecule has 2 bridgehead atoms. The van der Waals surface area contributed by atoms with E-state index in [4.69, 9.17) is 4.74 Å². The third-order valence-electron chi connectivity index (χ3n) is 6.24. The third kappa shape index (κ3) is 6.60. The van der Waals surface area contributed by atoms with E-state index in [1.165, 1.54) is 11.1 Å². The zero-order valence-corrected chi connectivity index (χ0v) is 19.8. The molecule has 1 aliphatic heterocycles. The fourth-order valence-electron chi connectivity index (χ4n) is 4.14. The van der Waals surface area contributed by atoms with E-state index in [9.17, 15) is 9.90 Å². The van der Waals surface area contributed by atoms with Gasteiger partial charge in [0.1, 0.15) is 5.69 Å².